The van der Waals surface area contributed by atoms with Crippen LogP contribution in [-0.4, -0.2) is 23.8 Å². The van der Waals surface area contributed by atoms with Gasteiger partial charge in [0.1, 0.15) is 0 Å². The molecule has 0 radical (unpaired) electrons. The number of hydrogen-bond donors (Lipinski definition) is 2. The molecule has 0 bridgehead atoms. The quantitative estimate of drug-likeness (QED) is 0.630. The molecular weight excluding hydrogens is 138 g/mol. The Balaban J connectivity index is 1.62. The predicted molar refractivity (Wildman–Crippen MR) is 44.3 cm³/mol. The van der Waals surface area contributed by atoms with Crippen molar-refractivity contribution in [2.75, 3.05) is 6.61 Å². The van der Waals surface area contributed by atoms with Crippen LogP contribution in [0, 0.1) is 11.8 Å². The Morgan fingerprint density at radius 1 is 1.36 bits per heavy atom. The second-order valence-electron chi connectivity index (χ2n) is 4.23. The summed E-state index contributed by atoms with van der Waals surface area (Å²) in [6.45, 7) is 2.68. The van der Waals surface area contributed by atoms with E-state index >= 15 is 0 Å². The monoisotopic (exact) mass is 155 g/mol. The maximum absolute atomic E-state index is 8.79. The molecule has 0 amide bonds. The van der Waals surface area contributed by atoms with Gasteiger partial charge in [0.15, 0.2) is 0 Å². The summed E-state index contributed by atoms with van der Waals surface area (Å²) in [7, 11) is 0. The van der Waals surface area contributed by atoms with Gasteiger partial charge < -0.3 is 10.4 Å². The van der Waals surface area contributed by atoms with E-state index in [-0.39, 0.29) is 0 Å². The summed E-state index contributed by atoms with van der Waals surface area (Å²) in [6, 6.07) is 1.42. The van der Waals surface area contributed by atoms with Gasteiger partial charge in [0.2, 0.25) is 0 Å². The first-order chi connectivity index (χ1) is 5.29. The molecule has 0 aromatic heterocycles. The zero-order chi connectivity index (χ0) is 7.84. The van der Waals surface area contributed by atoms with Crippen molar-refractivity contribution in [2.45, 2.75) is 38.3 Å². The third kappa shape index (κ3) is 1.57. The maximum Gasteiger partial charge on any atom is 0.0474 e. The highest BCUT2D eigenvalue weighted by Crippen LogP contribution is 2.34. The minimum absolute atomic E-state index is 0.375. The largest absolute Gasteiger partial charge is 0.396 e. The molecule has 2 saturated carbocycles. The smallest absolute Gasteiger partial charge is 0.0474 e. The van der Waals surface area contributed by atoms with Crippen molar-refractivity contribution in [2.24, 2.45) is 11.8 Å². The Kier molecular flexibility index (Phi) is 1.90. The van der Waals surface area contributed by atoms with E-state index in [0.717, 1.165) is 12.0 Å². The molecule has 2 aliphatic rings. The molecule has 2 heteroatoms. The fourth-order valence-corrected chi connectivity index (χ4v) is 1.99. The third-order valence-corrected chi connectivity index (χ3v) is 2.98. The zero-order valence-corrected chi connectivity index (χ0v) is 7.09. The highest BCUT2D eigenvalue weighted by Gasteiger charge is 2.39. The molecule has 2 fully saturated rings. The summed E-state index contributed by atoms with van der Waals surface area (Å²) in [5.41, 5.74) is 0. The lowest BCUT2D eigenvalue weighted by atomic mass is 9.82. The van der Waals surface area contributed by atoms with Crippen LogP contribution in [0.1, 0.15) is 26.2 Å². The summed E-state index contributed by atoms with van der Waals surface area (Å²) in [5, 5.41) is 12.4. The van der Waals surface area contributed by atoms with Gasteiger partial charge in [0, 0.05) is 18.7 Å². The Morgan fingerprint density at radius 3 is 2.55 bits per heavy atom. The van der Waals surface area contributed by atoms with E-state index in [2.05, 4.69) is 12.2 Å². The van der Waals surface area contributed by atoms with Crippen molar-refractivity contribution in [3.63, 3.8) is 0 Å². The normalized spacial score (nSPS) is 48.5. The number of nitrogens with one attached hydrogen (secondary N) is 1. The highest BCUT2D eigenvalue weighted by molar-refractivity contribution is 4.97. The van der Waals surface area contributed by atoms with Gasteiger partial charge in [-0.05, 0) is 31.1 Å². The first-order valence-corrected chi connectivity index (χ1v) is 4.66. The van der Waals surface area contributed by atoms with Gasteiger partial charge in [-0.15, -0.1) is 0 Å². The molecule has 0 aromatic rings. The lowest BCUT2D eigenvalue weighted by molar-refractivity contribution is 0.225. The van der Waals surface area contributed by atoms with E-state index in [1.54, 1.807) is 0 Å². The second kappa shape index (κ2) is 2.76. The van der Waals surface area contributed by atoms with E-state index in [1.807, 2.05) is 0 Å². The molecule has 0 heterocycles. The molecule has 2 N–H and O–H groups in total. The molecule has 2 nitrogen and oxygen atoms in total. The third-order valence-electron chi connectivity index (χ3n) is 2.98. The van der Waals surface area contributed by atoms with E-state index in [4.69, 9.17) is 5.11 Å². The van der Waals surface area contributed by atoms with Crippen molar-refractivity contribution in [3.05, 3.63) is 0 Å². The number of aliphatic hydroxyl groups is 1. The van der Waals surface area contributed by atoms with Gasteiger partial charge in [-0.3, -0.25) is 0 Å². The fourth-order valence-electron chi connectivity index (χ4n) is 1.99. The van der Waals surface area contributed by atoms with Crippen LogP contribution in [0.3, 0.4) is 0 Å². The number of aliphatic hydroxyl groups excluding tert-OH is 1. The van der Waals surface area contributed by atoms with Crippen molar-refractivity contribution >= 4 is 0 Å². The molecule has 2 atom stereocenters. The van der Waals surface area contributed by atoms with Gasteiger partial charge in [0.05, 0.1) is 0 Å². The summed E-state index contributed by atoms with van der Waals surface area (Å²) in [4.78, 5) is 0. The fraction of sp³-hybridized carbons (Fsp3) is 1.00. The van der Waals surface area contributed by atoms with Crippen LogP contribution in [0.25, 0.3) is 0 Å². The van der Waals surface area contributed by atoms with Crippen molar-refractivity contribution in [1.29, 1.82) is 0 Å². The van der Waals surface area contributed by atoms with Gasteiger partial charge in [0.25, 0.3) is 0 Å². The van der Waals surface area contributed by atoms with Gasteiger partial charge in [-0.2, -0.15) is 0 Å². The van der Waals surface area contributed by atoms with Gasteiger partial charge in [-0.1, -0.05) is 6.92 Å². The maximum atomic E-state index is 8.79. The van der Waals surface area contributed by atoms with Gasteiger partial charge >= 0.3 is 0 Å². The van der Waals surface area contributed by atoms with Crippen LogP contribution in [0.2, 0.25) is 0 Å². The Bertz CT molecular complexity index is 142. The van der Waals surface area contributed by atoms with E-state index < -0.39 is 0 Å². The minimum Gasteiger partial charge on any atom is -0.396 e. The molecule has 11 heavy (non-hydrogen) atoms. The Hall–Kier alpha value is -0.0800. The first kappa shape index (κ1) is 7.56. The summed E-state index contributed by atoms with van der Waals surface area (Å²) in [6.07, 6.45) is 3.88. The zero-order valence-electron chi connectivity index (χ0n) is 7.09. The van der Waals surface area contributed by atoms with Crippen LogP contribution in [0.5, 0.6) is 0 Å². The number of rotatable bonds is 3. The summed E-state index contributed by atoms with van der Waals surface area (Å²) in [5.74, 6) is 1.50. The molecule has 64 valence electrons. The van der Waals surface area contributed by atoms with Crippen LogP contribution < -0.4 is 5.32 Å². The van der Waals surface area contributed by atoms with E-state index in [1.165, 1.54) is 19.3 Å². The Labute approximate surface area is 68.0 Å². The van der Waals surface area contributed by atoms with Crippen LogP contribution in [0.4, 0.5) is 0 Å². The molecular formula is C9H17NO. The van der Waals surface area contributed by atoms with Crippen LogP contribution >= 0.6 is 0 Å². The van der Waals surface area contributed by atoms with Gasteiger partial charge in [-0.25, -0.2) is 0 Å². The highest BCUT2D eigenvalue weighted by atomic mass is 16.3. The van der Waals surface area contributed by atoms with E-state index in [0.29, 0.717) is 18.6 Å². The van der Waals surface area contributed by atoms with Crippen LogP contribution in [0.15, 0.2) is 0 Å². The Morgan fingerprint density at radius 2 is 2.09 bits per heavy atom. The first-order valence-electron chi connectivity index (χ1n) is 4.66. The average Bonchev–Trinajstić information content (AvgIpc) is 2.64. The van der Waals surface area contributed by atoms with Crippen molar-refractivity contribution in [3.8, 4) is 0 Å². The van der Waals surface area contributed by atoms with Crippen molar-refractivity contribution in [1.82, 2.24) is 5.32 Å². The molecule has 0 aliphatic heterocycles. The topological polar surface area (TPSA) is 32.3 Å². The number of hydrogen-bond acceptors (Lipinski definition) is 2. The minimum atomic E-state index is 0.375. The predicted octanol–water partition coefficient (Wildman–Crippen LogP) is 0.755. The molecule has 0 aromatic carbocycles. The second-order valence-corrected chi connectivity index (χ2v) is 4.23. The summed E-state index contributed by atoms with van der Waals surface area (Å²) < 4.78 is 0. The summed E-state index contributed by atoms with van der Waals surface area (Å²) >= 11 is 0. The standard InChI is InChI=1S/C9H17NO/c1-6-2-8(3-6)10-9-4-7(9)5-11/h6-11H,2-5H2,1H3/t6?,7-,8?,9+/m0/s1. The van der Waals surface area contributed by atoms with E-state index in [9.17, 15) is 0 Å². The SMILES string of the molecule is CC1CC(N[C@@H]2C[C@H]2CO)C1. The molecule has 2 rings (SSSR count). The average molecular weight is 155 g/mol. The van der Waals surface area contributed by atoms with Crippen molar-refractivity contribution < 1.29 is 5.11 Å². The molecule has 0 spiro atoms. The van der Waals surface area contributed by atoms with Crippen LogP contribution in [-0.2, 0) is 0 Å². The molecule has 0 saturated heterocycles. The lowest BCUT2D eigenvalue weighted by Crippen LogP contribution is -2.41. The molecule has 2 aliphatic carbocycles. The lowest BCUT2D eigenvalue weighted by Gasteiger charge is -2.33. The molecule has 0 unspecified atom stereocenters.